The summed E-state index contributed by atoms with van der Waals surface area (Å²) < 4.78 is 1.83. The van der Waals surface area contributed by atoms with Gasteiger partial charge in [0.05, 0.1) is 11.4 Å². The molecule has 17 heavy (non-hydrogen) atoms. The minimum Gasteiger partial charge on any atom is -0.480 e. The number of likely N-dealkylation sites (tertiary alicyclic amines) is 1. The lowest BCUT2D eigenvalue weighted by atomic mass is 10.0. The average molecular weight is 238 g/mol. The van der Waals surface area contributed by atoms with Gasteiger partial charge in [0.2, 0.25) is 0 Å². The van der Waals surface area contributed by atoms with Crippen molar-refractivity contribution < 1.29 is 9.90 Å². The summed E-state index contributed by atoms with van der Waals surface area (Å²) >= 11 is 0. The maximum atomic E-state index is 11.0. The highest BCUT2D eigenvalue weighted by molar-refractivity contribution is 5.79. The van der Waals surface area contributed by atoms with Crippen LogP contribution in [0.15, 0.2) is 6.07 Å². The van der Waals surface area contributed by atoms with Crippen molar-refractivity contribution in [1.29, 1.82) is 0 Å². The lowest BCUT2D eigenvalue weighted by molar-refractivity contribution is -0.142. The lowest BCUT2D eigenvalue weighted by Gasteiger charge is -2.19. The fourth-order valence-corrected chi connectivity index (χ4v) is 2.27. The second kappa shape index (κ2) is 4.12. The van der Waals surface area contributed by atoms with E-state index in [0.29, 0.717) is 26.1 Å². The van der Waals surface area contributed by atoms with Gasteiger partial charge >= 0.3 is 5.97 Å². The van der Waals surface area contributed by atoms with Crippen LogP contribution in [0.25, 0.3) is 0 Å². The van der Waals surface area contributed by atoms with Crippen LogP contribution in [0.2, 0.25) is 0 Å². The third-order valence-electron chi connectivity index (χ3n) is 3.29. The summed E-state index contributed by atoms with van der Waals surface area (Å²) in [5.74, 6) is -0.916. The maximum Gasteiger partial charge on any atom is 0.325 e. The van der Waals surface area contributed by atoms with Crippen molar-refractivity contribution in [2.24, 2.45) is 12.8 Å². The quantitative estimate of drug-likeness (QED) is 0.756. The molecule has 1 atom stereocenters. The van der Waals surface area contributed by atoms with Crippen LogP contribution in [-0.4, -0.2) is 44.4 Å². The molecule has 0 amide bonds. The van der Waals surface area contributed by atoms with Gasteiger partial charge in [0.25, 0.3) is 0 Å². The number of aryl methyl sites for hydroxylation is 2. The third kappa shape index (κ3) is 2.32. The largest absolute Gasteiger partial charge is 0.480 e. The minimum atomic E-state index is -1.09. The summed E-state index contributed by atoms with van der Waals surface area (Å²) in [6.45, 7) is 3.75. The van der Waals surface area contributed by atoms with Gasteiger partial charge in [-0.05, 0) is 19.4 Å². The summed E-state index contributed by atoms with van der Waals surface area (Å²) in [6, 6.07) is 2.01. The van der Waals surface area contributed by atoms with Gasteiger partial charge in [-0.25, -0.2) is 0 Å². The van der Waals surface area contributed by atoms with Crippen LogP contribution in [0, 0.1) is 6.92 Å². The van der Waals surface area contributed by atoms with Crippen molar-refractivity contribution in [1.82, 2.24) is 14.7 Å². The van der Waals surface area contributed by atoms with E-state index in [9.17, 15) is 4.79 Å². The summed E-state index contributed by atoms with van der Waals surface area (Å²) in [5, 5.41) is 13.3. The first-order valence-corrected chi connectivity index (χ1v) is 5.65. The Hall–Kier alpha value is -1.40. The van der Waals surface area contributed by atoms with Crippen LogP contribution in [0.3, 0.4) is 0 Å². The normalized spacial score (nSPS) is 25.4. The number of nitrogens with two attached hydrogens (primary N) is 1. The molecule has 1 aromatic heterocycles. The molecule has 0 bridgehead atoms. The molecule has 1 fully saturated rings. The molecule has 1 aromatic rings. The first-order valence-electron chi connectivity index (χ1n) is 5.65. The molecule has 6 heteroatoms. The number of carboxylic acids is 1. The maximum absolute atomic E-state index is 11.0. The molecule has 1 aliphatic heterocycles. The van der Waals surface area contributed by atoms with Gasteiger partial charge in [0.15, 0.2) is 0 Å². The Morgan fingerprint density at radius 2 is 2.41 bits per heavy atom. The van der Waals surface area contributed by atoms with Crippen molar-refractivity contribution in [3.8, 4) is 0 Å². The van der Waals surface area contributed by atoms with E-state index in [-0.39, 0.29) is 0 Å². The van der Waals surface area contributed by atoms with E-state index >= 15 is 0 Å². The molecule has 94 valence electrons. The lowest BCUT2D eigenvalue weighted by Crippen LogP contribution is -2.50. The number of aromatic nitrogens is 2. The summed E-state index contributed by atoms with van der Waals surface area (Å²) in [4.78, 5) is 13.1. The van der Waals surface area contributed by atoms with Gasteiger partial charge < -0.3 is 10.8 Å². The van der Waals surface area contributed by atoms with E-state index in [2.05, 4.69) is 10.00 Å². The zero-order valence-electron chi connectivity index (χ0n) is 10.2. The molecule has 2 heterocycles. The van der Waals surface area contributed by atoms with E-state index in [1.807, 2.05) is 24.7 Å². The van der Waals surface area contributed by atoms with Crippen LogP contribution in [0.5, 0.6) is 0 Å². The van der Waals surface area contributed by atoms with Crippen molar-refractivity contribution in [2.45, 2.75) is 25.4 Å². The Balaban J connectivity index is 2.03. The number of hydrogen-bond donors (Lipinski definition) is 2. The molecule has 0 saturated carbocycles. The smallest absolute Gasteiger partial charge is 0.325 e. The Labute approximate surface area is 100 Å². The Morgan fingerprint density at radius 3 is 2.88 bits per heavy atom. The highest BCUT2D eigenvalue weighted by Gasteiger charge is 2.41. The number of aliphatic carboxylic acids is 1. The highest BCUT2D eigenvalue weighted by Crippen LogP contribution is 2.21. The second-order valence-electron chi connectivity index (χ2n) is 4.82. The van der Waals surface area contributed by atoms with Gasteiger partial charge in [-0.15, -0.1) is 0 Å². The van der Waals surface area contributed by atoms with Crippen LogP contribution < -0.4 is 5.73 Å². The zero-order valence-corrected chi connectivity index (χ0v) is 10.2. The van der Waals surface area contributed by atoms with Crippen LogP contribution in [-0.2, 0) is 18.4 Å². The van der Waals surface area contributed by atoms with Gasteiger partial charge in [-0.2, -0.15) is 5.10 Å². The fraction of sp³-hybridized carbons (Fsp3) is 0.636. The third-order valence-corrected chi connectivity index (χ3v) is 3.29. The second-order valence-corrected chi connectivity index (χ2v) is 4.82. The Kier molecular flexibility index (Phi) is 2.92. The van der Waals surface area contributed by atoms with E-state index in [1.54, 1.807) is 0 Å². The number of nitrogens with zero attached hydrogens (tertiary/aromatic N) is 3. The molecular weight excluding hydrogens is 220 g/mol. The number of carbonyl (C=O) groups is 1. The van der Waals surface area contributed by atoms with Crippen LogP contribution in [0.4, 0.5) is 0 Å². The van der Waals surface area contributed by atoms with Crippen molar-refractivity contribution in [3.05, 3.63) is 17.5 Å². The van der Waals surface area contributed by atoms with Crippen molar-refractivity contribution >= 4 is 5.97 Å². The van der Waals surface area contributed by atoms with Crippen molar-refractivity contribution in [3.63, 3.8) is 0 Å². The highest BCUT2D eigenvalue weighted by atomic mass is 16.4. The first-order chi connectivity index (χ1) is 7.90. The van der Waals surface area contributed by atoms with Gasteiger partial charge in [0.1, 0.15) is 5.54 Å². The molecular formula is C11H18N4O2. The average Bonchev–Trinajstić information content (AvgIpc) is 2.73. The molecule has 2 rings (SSSR count). The molecule has 0 aromatic carbocycles. The van der Waals surface area contributed by atoms with Gasteiger partial charge in [-0.3, -0.25) is 14.4 Å². The fourth-order valence-electron chi connectivity index (χ4n) is 2.27. The van der Waals surface area contributed by atoms with Crippen LogP contribution in [0.1, 0.15) is 17.8 Å². The molecule has 1 saturated heterocycles. The predicted molar refractivity (Wildman–Crippen MR) is 62.4 cm³/mol. The monoisotopic (exact) mass is 238 g/mol. The minimum absolute atomic E-state index is 0.395. The summed E-state index contributed by atoms with van der Waals surface area (Å²) in [7, 11) is 1.89. The summed E-state index contributed by atoms with van der Waals surface area (Å²) in [6.07, 6.45) is 0.499. The molecule has 0 radical (unpaired) electrons. The standard InChI is InChI=1S/C11H18N4O2/c1-8-5-9(14(2)13-8)6-15-4-3-11(12,7-15)10(16)17/h5H,3-4,6-7,12H2,1-2H3,(H,16,17). The topological polar surface area (TPSA) is 84.4 Å². The molecule has 1 aliphatic rings. The van der Waals surface area contributed by atoms with Crippen LogP contribution >= 0.6 is 0 Å². The van der Waals surface area contributed by atoms with Crippen molar-refractivity contribution in [2.75, 3.05) is 13.1 Å². The summed E-state index contributed by atoms with van der Waals surface area (Å²) in [5.41, 5.74) is 6.79. The predicted octanol–water partition coefficient (Wildman–Crippen LogP) is -0.284. The number of rotatable bonds is 3. The van der Waals surface area contributed by atoms with E-state index in [1.165, 1.54) is 0 Å². The number of carboxylic acid groups (broad SMARTS) is 1. The number of hydrogen-bond acceptors (Lipinski definition) is 4. The van der Waals surface area contributed by atoms with E-state index in [4.69, 9.17) is 10.8 Å². The molecule has 1 unspecified atom stereocenters. The Morgan fingerprint density at radius 1 is 1.71 bits per heavy atom. The Bertz CT molecular complexity index is 443. The molecule has 0 spiro atoms. The molecule has 6 nitrogen and oxygen atoms in total. The molecule has 3 N–H and O–H groups in total. The van der Waals surface area contributed by atoms with E-state index < -0.39 is 11.5 Å². The van der Waals surface area contributed by atoms with Gasteiger partial charge in [0, 0.05) is 26.7 Å². The first kappa shape index (κ1) is 12.1. The molecule has 0 aliphatic carbocycles. The van der Waals surface area contributed by atoms with E-state index in [0.717, 1.165) is 11.4 Å². The zero-order chi connectivity index (χ0) is 12.6. The van der Waals surface area contributed by atoms with Gasteiger partial charge in [-0.1, -0.05) is 0 Å². The SMILES string of the molecule is Cc1cc(CN2CCC(N)(C(=O)O)C2)n(C)n1.